The highest BCUT2D eigenvalue weighted by Gasteiger charge is 2.18. The third-order valence-electron chi connectivity index (χ3n) is 2.61. The van der Waals surface area contributed by atoms with Crippen molar-refractivity contribution in [3.63, 3.8) is 0 Å². The number of hydrogen-bond acceptors (Lipinski definition) is 3. The number of aryl methyl sites for hydroxylation is 1. The van der Waals surface area contributed by atoms with Crippen LogP contribution in [0, 0.1) is 25.2 Å². The van der Waals surface area contributed by atoms with Crippen LogP contribution in [0.5, 0.6) is 5.75 Å². The average Bonchev–Trinajstić information content (AvgIpc) is 2.32. The number of rotatable bonds is 4. The van der Waals surface area contributed by atoms with E-state index in [1.54, 1.807) is 13.0 Å². The summed E-state index contributed by atoms with van der Waals surface area (Å²) >= 11 is 6.12. The normalized spacial score (nSPS) is 9.82. The third-order valence-corrected chi connectivity index (χ3v) is 3.19. The lowest BCUT2D eigenvalue weighted by molar-refractivity contribution is 0.0980. The van der Waals surface area contributed by atoms with Gasteiger partial charge in [0.2, 0.25) is 0 Å². The number of carbonyl (C=O) groups is 1. The smallest absolute Gasteiger partial charge is 0.167 e. The number of ether oxygens (including phenoxy) is 1. The number of nitriles is 1. The summed E-state index contributed by atoms with van der Waals surface area (Å²) < 4.78 is 5.20. The first kappa shape index (κ1) is 13.5. The summed E-state index contributed by atoms with van der Waals surface area (Å²) in [7, 11) is 1.52. The molecule has 17 heavy (non-hydrogen) atoms. The molecule has 0 spiro atoms. The minimum Gasteiger partial charge on any atom is -0.496 e. The zero-order valence-corrected chi connectivity index (χ0v) is 10.9. The van der Waals surface area contributed by atoms with Crippen molar-refractivity contribution in [1.29, 1.82) is 5.26 Å². The molecule has 0 saturated carbocycles. The number of Topliss-reactive ketones (excluding diaryl/α,β-unsaturated/α-hetero) is 1. The molecule has 0 fully saturated rings. The average molecular weight is 252 g/mol. The van der Waals surface area contributed by atoms with Crippen LogP contribution in [0.25, 0.3) is 0 Å². The Morgan fingerprint density at radius 1 is 1.53 bits per heavy atom. The van der Waals surface area contributed by atoms with E-state index in [9.17, 15) is 4.79 Å². The molecule has 0 atom stereocenters. The van der Waals surface area contributed by atoms with Crippen molar-refractivity contribution in [2.24, 2.45) is 0 Å². The standard InChI is InChI=1S/C13H14ClNO2/c1-8-7-11(17-3)12(9(2)13(8)14)10(16)5-4-6-15/h7H,4-5H2,1-3H3. The van der Waals surface area contributed by atoms with Crippen LogP contribution in [0.2, 0.25) is 5.02 Å². The van der Waals surface area contributed by atoms with Gasteiger partial charge in [-0.2, -0.15) is 5.26 Å². The number of benzene rings is 1. The van der Waals surface area contributed by atoms with Crippen molar-refractivity contribution in [2.45, 2.75) is 26.7 Å². The summed E-state index contributed by atoms with van der Waals surface area (Å²) in [6.45, 7) is 3.65. The van der Waals surface area contributed by atoms with E-state index in [1.807, 2.05) is 13.0 Å². The van der Waals surface area contributed by atoms with Gasteiger partial charge in [0.15, 0.2) is 5.78 Å². The first-order chi connectivity index (χ1) is 8.02. The Morgan fingerprint density at radius 3 is 2.71 bits per heavy atom. The zero-order chi connectivity index (χ0) is 13.0. The molecule has 0 unspecified atom stereocenters. The number of methoxy groups -OCH3 is 1. The minimum atomic E-state index is -0.109. The topological polar surface area (TPSA) is 50.1 Å². The van der Waals surface area contributed by atoms with Gasteiger partial charge in [0.1, 0.15) is 5.75 Å². The van der Waals surface area contributed by atoms with Gasteiger partial charge in [-0.15, -0.1) is 0 Å². The zero-order valence-electron chi connectivity index (χ0n) is 10.1. The molecule has 0 aliphatic rings. The predicted octanol–water partition coefficient (Wildman–Crippen LogP) is 3.45. The molecule has 0 bridgehead atoms. The maximum absolute atomic E-state index is 12.0. The van der Waals surface area contributed by atoms with Crippen LogP contribution >= 0.6 is 11.6 Å². The number of ketones is 1. The van der Waals surface area contributed by atoms with Gasteiger partial charge in [-0.25, -0.2) is 0 Å². The Labute approximate surface area is 106 Å². The third kappa shape index (κ3) is 2.78. The fourth-order valence-electron chi connectivity index (χ4n) is 1.72. The number of halogens is 1. The molecular formula is C13H14ClNO2. The van der Waals surface area contributed by atoms with Crippen molar-refractivity contribution < 1.29 is 9.53 Å². The maximum atomic E-state index is 12.0. The lowest BCUT2D eigenvalue weighted by Crippen LogP contribution is -2.06. The van der Waals surface area contributed by atoms with E-state index in [2.05, 4.69) is 0 Å². The summed E-state index contributed by atoms with van der Waals surface area (Å²) in [5, 5.41) is 9.07. The molecule has 0 aromatic heterocycles. The molecule has 0 aliphatic heterocycles. The summed E-state index contributed by atoms with van der Waals surface area (Å²) in [6.07, 6.45) is 0.389. The Balaban J connectivity index is 3.27. The molecule has 1 rings (SSSR count). The second-order valence-electron chi connectivity index (χ2n) is 3.79. The second kappa shape index (κ2) is 5.70. The maximum Gasteiger partial charge on any atom is 0.167 e. The van der Waals surface area contributed by atoms with Gasteiger partial charge in [0, 0.05) is 17.9 Å². The number of hydrogen-bond donors (Lipinski definition) is 0. The molecule has 0 radical (unpaired) electrons. The van der Waals surface area contributed by atoms with Gasteiger partial charge in [-0.3, -0.25) is 4.79 Å². The molecule has 0 amide bonds. The van der Waals surface area contributed by atoms with E-state index in [-0.39, 0.29) is 18.6 Å². The van der Waals surface area contributed by atoms with Gasteiger partial charge < -0.3 is 4.74 Å². The van der Waals surface area contributed by atoms with Crippen LogP contribution in [0.3, 0.4) is 0 Å². The lowest BCUT2D eigenvalue weighted by Gasteiger charge is -2.13. The van der Waals surface area contributed by atoms with Crippen molar-refractivity contribution in [3.8, 4) is 11.8 Å². The van der Waals surface area contributed by atoms with Crippen molar-refractivity contribution >= 4 is 17.4 Å². The van der Waals surface area contributed by atoms with Crippen LogP contribution < -0.4 is 4.74 Å². The second-order valence-corrected chi connectivity index (χ2v) is 4.17. The monoisotopic (exact) mass is 251 g/mol. The first-order valence-corrected chi connectivity index (χ1v) is 5.64. The molecule has 3 nitrogen and oxygen atoms in total. The lowest BCUT2D eigenvalue weighted by atomic mass is 9.98. The van der Waals surface area contributed by atoms with Gasteiger partial charge in [-0.1, -0.05) is 11.6 Å². The highest BCUT2D eigenvalue weighted by Crippen LogP contribution is 2.32. The van der Waals surface area contributed by atoms with E-state index in [0.29, 0.717) is 21.9 Å². The van der Waals surface area contributed by atoms with Crippen LogP contribution in [-0.2, 0) is 0 Å². The predicted molar refractivity (Wildman–Crippen MR) is 66.7 cm³/mol. The van der Waals surface area contributed by atoms with Crippen molar-refractivity contribution in [3.05, 3.63) is 27.8 Å². The fourth-order valence-corrected chi connectivity index (χ4v) is 1.87. The summed E-state index contributed by atoms with van der Waals surface area (Å²) in [4.78, 5) is 12.0. The molecule has 0 N–H and O–H groups in total. The molecule has 90 valence electrons. The summed E-state index contributed by atoms with van der Waals surface area (Å²) in [5.41, 5.74) is 2.07. The minimum absolute atomic E-state index is 0.109. The largest absolute Gasteiger partial charge is 0.496 e. The summed E-state index contributed by atoms with van der Waals surface area (Å²) in [5.74, 6) is 0.412. The van der Waals surface area contributed by atoms with E-state index in [4.69, 9.17) is 21.6 Å². The van der Waals surface area contributed by atoms with Gasteiger partial charge in [-0.05, 0) is 31.0 Å². The van der Waals surface area contributed by atoms with E-state index >= 15 is 0 Å². The Kier molecular flexibility index (Phi) is 4.53. The summed E-state index contributed by atoms with van der Waals surface area (Å²) in [6, 6.07) is 3.70. The van der Waals surface area contributed by atoms with E-state index in [1.165, 1.54) is 7.11 Å². The van der Waals surface area contributed by atoms with Gasteiger partial charge in [0.25, 0.3) is 0 Å². The Hall–Kier alpha value is -1.53. The molecule has 0 heterocycles. The van der Waals surface area contributed by atoms with E-state index < -0.39 is 0 Å². The van der Waals surface area contributed by atoms with Crippen LogP contribution in [-0.4, -0.2) is 12.9 Å². The van der Waals surface area contributed by atoms with Gasteiger partial charge >= 0.3 is 0 Å². The van der Waals surface area contributed by atoms with Crippen molar-refractivity contribution in [1.82, 2.24) is 0 Å². The molecule has 0 aliphatic carbocycles. The number of nitrogens with zero attached hydrogens (tertiary/aromatic N) is 1. The highest BCUT2D eigenvalue weighted by molar-refractivity contribution is 6.32. The van der Waals surface area contributed by atoms with E-state index in [0.717, 1.165) is 5.56 Å². The molecule has 1 aromatic rings. The molecular weight excluding hydrogens is 238 g/mol. The van der Waals surface area contributed by atoms with Crippen molar-refractivity contribution in [2.75, 3.05) is 7.11 Å². The number of carbonyl (C=O) groups excluding carboxylic acids is 1. The highest BCUT2D eigenvalue weighted by atomic mass is 35.5. The molecule has 4 heteroatoms. The van der Waals surface area contributed by atoms with Crippen LogP contribution in [0.4, 0.5) is 0 Å². The Morgan fingerprint density at radius 2 is 2.18 bits per heavy atom. The Bertz CT molecular complexity index is 489. The fraction of sp³-hybridized carbons (Fsp3) is 0.385. The van der Waals surface area contributed by atoms with Gasteiger partial charge in [0.05, 0.1) is 18.7 Å². The SMILES string of the molecule is COc1cc(C)c(Cl)c(C)c1C(=O)CCC#N. The molecule has 1 aromatic carbocycles. The quantitative estimate of drug-likeness (QED) is 0.770. The first-order valence-electron chi connectivity index (χ1n) is 5.26. The van der Waals surface area contributed by atoms with Crippen LogP contribution in [0.1, 0.15) is 34.3 Å². The molecule has 0 saturated heterocycles. The van der Waals surface area contributed by atoms with Crippen LogP contribution in [0.15, 0.2) is 6.07 Å².